The first-order valence-corrected chi connectivity index (χ1v) is 8.43. The van der Waals surface area contributed by atoms with E-state index in [4.69, 9.17) is 10.7 Å². The minimum atomic E-state index is -0.104. The molecule has 5 rings (SSSR count). The van der Waals surface area contributed by atoms with Crippen molar-refractivity contribution in [2.45, 2.75) is 6.92 Å². The number of aromatic nitrogens is 3. The lowest BCUT2D eigenvalue weighted by Gasteiger charge is -2.08. The van der Waals surface area contributed by atoms with Crippen molar-refractivity contribution in [3.05, 3.63) is 82.6 Å². The number of fused-ring (bicyclic) bond motifs is 4. The predicted molar refractivity (Wildman–Crippen MR) is 105 cm³/mol. The zero-order valence-electron chi connectivity index (χ0n) is 14.2. The highest BCUT2D eigenvalue weighted by atomic mass is 16.1. The lowest BCUT2D eigenvalue weighted by atomic mass is 10.1. The molecule has 0 radical (unpaired) electrons. The second-order valence-corrected chi connectivity index (χ2v) is 6.46. The van der Waals surface area contributed by atoms with Gasteiger partial charge in [0.1, 0.15) is 0 Å². The molecule has 5 nitrogen and oxygen atoms in total. The van der Waals surface area contributed by atoms with Gasteiger partial charge in [0.05, 0.1) is 27.5 Å². The topological polar surface area (TPSA) is 65.3 Å². The molecule has 3 aromatic carbocycles. The first-order valence-electron chi connectivity index (χ1n) is 8.43. The fraction of sp³-hybridized carbons (Fsp3) is 0.0476. The second kappa shape index (κ2) is 5.20. The van der Waals surface area contributed by atoms with E-state index < -0.39 is 0 Å². The van der Waals surface area contributed by atoms with Crippen LogP contribution in [0.25, 0.3) is 33.1 Å². The largest absolute Gasteiger partial charge is 0.398 e. The monoisotopic (exact) mass is 340 g/mol. The summed E-state index contributed by atoms with van der Waals surface area (Å²) in [4.78, 5) is 18.2. The number of nitrogens with two attached hydrogens (primary N) is 1. The van der Waals surface area contributed by atoms with Gasteiger partial charge in [0.2, 0.25) is 0 Å². The van der Waals surface area contributed by atoms with Crippen LogP contribution in [0.5, 0.6) is 0 Å². The average Bonchev–Trinajstić information content (AvgIpc) is 2.99. The van der Waals surface area contributed by atoms with Crippen molar-refractivity contribution < 1.29 is 0 Å². The number of aryl methyl sites for hydroxylation is 1. The maximum Gasteiger partial charge on any atom is 0.281 e. The Labute approximate surface area is 148 Å². The molecule has 0 aliphatic heterocycles. The molecule has 2 N–H and O–H groups in total. The first-order chi connectivity index (χ1) is 12.6. The third kappa shape index (κ3) is 1.91. The van der Waals surface area contributed by atoms with Gasteiger partial charge in [0.15, 0.2) is 5.65 Å². The van der Waals surface area contributed by atoms with Crippen molar-refractivity contribution in [1.82, 2.24) is 14.2 Å². The number of anilines is 1. The summed E-state index contributed by atoms with van der Waals surface area (Å²) in [6.45, 7) is 1.97. The number of rotatable bonds is 1. The van der Waals surface area contributed by atoms with Crippen molar-refractivity contribution in [2.75, 3.05) is 5.73 Å². The quantitative estimate of drug-likeness (QED) is 0.473. The van der Waals surface area contributed by atoms with Crippen LogP contribution >= 0.6 is 0 Å². The van der Waals surface area contributed by atoms with Crippen LogP contribution in [0.4, 0.5) is 5.69 Å². The second-order valence-electron chi connectivity index (χ2n) is 6.46. The molecular formula is C21H16N4O. The maximum atomic E-state index is 13.4. The van der Waals surface area contributed by atoms with Crippen LogP contribution in [0.3, 0.4) is 0 Å². The molecule has 0 fully saturated rings. The highest BCUT2D eigenvalue weighted by molar-refractivity contribution is 6.03. The molecule has 0 saturated heterocycles. The molecule has 0 bridgehead atoms. The smallest absolute Gasteiger partial charge is 0.281 e. The molecule has 0 unspecified atom stereocenters. The van der Waals surface area contributed by atoms with Crippen molar-refractivity contribution in [1.29, 1.82) is 0 Å². The lowest BCUT2D eigenvalue weighted by Crippen LogP contribution is -2.20. The van der Waals surface area contributed by atoms with E-state index >= 15 is 0 Å². The lowest BCUT2D eigenvalue weighted by molar-refractivity contribution is 0.794. The number of hydrogen-bond acceptors (Lipinski definition) is 3. The van der Waals surface area contributed by atoms with Gasteiger partial charge in [-0.25, -0.2) is 9.67 Å². The van der Waals surface area contributed by atoms with Crippen LogP contribution in [-0.4, -0.2) is 14.2 Å². The van der Waals surface area contributed by atoms with Gasteiger partial charge in [-0.1, -0.05) is 35.9 Å². The van der Waals surface area contributed by atoms with Crippen LogP contribution in [0.1, 0.15) is 5.56 Å². The predicted octanol–water partition coefficient (Wildman–Crippen LogP) is 3.68. The first kappa shape index (κ1) is 14.7. The van der Waals surface area contributed by atoms with Gasteiger partial charge in [0.25, 0.3) is 5.56 Å². The molecule has 0 aliphatic carbocycles. The van der Waals surface area contributed by atoms with Crippen LogP contribution in [0.15, 0.2) is 71.5 Å². The highest BCUT2D eigenvalue weighted by Crippen LogP contribution is 2.29. The van der Waals surface area contributed by atoms with E-state index in [0.717, 1.165) is 22.2 Å². The van der Waals surface area contributed by atoms with E-state index in [2.05, 4.69) is 0 Å². The Morgan fingerprint density at radius 3 is 2.58 bits per heavy atom. The fourth-order valence-electron chi connectivity index (χ4n) is 3.55. The zero-order valence-corrected chi connectivity index (χ0v) is 14.2. The summed E-state index contributed by atoms with van der Waals surface area (Å²) in [6.07, 6.45) is 0. The van der Waals surface area contributed by atoms with Gasteiger partial charge in [-0.05, 0) is 43.3 Å². The van der Waals surface area contributed by atoms with E-state index in [1.54, 1.807) is 4.52 Å². The summed E-state index contributed by atoms with van der Waals surface area (Å²) in [5, 5.41) is 1.39. The number of hydrogen-bond donors (Lipinski definition) is 1. The van der Waals surface area contributed by atoms with Gasteiger partial charge in [-0.3, -0.25) is 4.79 Å². The van der Waals surface area contributed by atoms with Crippen LogP contribution < -0.4 is 11.3 Å². The molecular weight excluding hydrogens is 324 g/mol. The fourth-order valence-corrected chi connectivity index (χ4v) is 3.55. The van der Waals surface area contributed by atoms with E-state index in [-0.39, 0.29) is 5.56 Å². The number of benzene rings is 3. The molecule has 26 heavy (non-hydrogen) atoms. The minimum Gasteiger partial charge on any atom is -0.398 e. The molecule has 0 spiro atoms. The zero-order chi connectivity index (χ0) is 17.8. The molecule has 0 aliphatic rings. The summed E-state index contributed by atoms with van der Waals surface area (Å²) in [5.74, 6) is 0. The standard InChI is InChI=1S/C21H16N4O/c1-13-10-11-17-15(12-13)21(26)25-20(23-17)19-16(22)8-5-9-18(19)24(25)14-6-3-2-4-7-14/h2-12H,22H2,1H3. The Kier molecular flexibility index (Phi) is 2.94. The molecule has 2 heterocycles. The molecule has 2 aromatic heterocycles. The summed E-state index contributed by atoms with van der Waals surface area (Å²) in [6, 6.07) is 21.2. The van der Waals surface area contributed by atoms with Crippen molar-refractivity contribution in [3.8, 4) is 5.69 Å². The third-order valence-electron chi connectivity index (χ3n) is 4.73. The van der Waals surface area contributed by atoms with E-state index in [1.165, 1.54) is 0 Å². The number of nitrogens with zero attached hydrogens (tertiary/aromatic N) is 3. The van der Waals surface area contributed by atoms with Gasteiger partial charge in [-0.2, -0.15) is 4.52 Å². The molecule has 5 aromatic rings. The Morgan fingerprint density at radius 2 is 1.77 bits per heavy atom. The van der Waals surface area contributed by atoms with Crippen molar-refractivity contribution >= 4 is 33.1 Å². The maximum absolute atomic E-state index is 13.4. The van der Waals surface area contributed by atoms with Crippen LogP contribution in [-0.2, 0) is 0 Å². The number of nitrogen functional groups attached to an aromatic ring is 1. The van der Waals surface area contributed by atoms with E-state index in [9.17, 15) is 4.79 Å². The Hall–Kier alpha value is -3.60. The van der Waals surface area contributed by atoms with Crippen molar-refractivity contribution in [3.63, 3.8) is 0 Å². The SMILES string of the molecule is Cc1ccc2nc3c4c(N)cccc4n(-c4ccccc4)n3c(=O)c2c1. The van der Waals surface area contributed by atoms with Gasteiger partial charge in [0, 0.05) is 5.69 Å². The highest BCUT2D eigenvalue weighted by Gasteiger charge is 2.18. The molecule has 126 valence electrons. The van der Waals surface area contributed by atoms with Crippen molar-refractivity contribution in [2.24, 2.45) is 0 Å². The summed E-state index contributed by atoms with van der Waals surface area (Å²) in [7, 11) is 0. The number of para-hydroxylation sites is 1. The average molecular weight is 340 g/mol. The van der Waals surface area contributed by atoms with Crippen LogP contribution in [0.2, 0.25) is 0 Å². The normalized spacial score (nSPS) is 11.6. The van der Waals surface area contributed by atoms with E-state index in [1.807, 2.05) is 78.3 Å². The summed E-state index contributed by atoms with van der Waals surface area (Å²) < 4.78 is 3.51. The summed E-state index contributed by atoms with van der Waals surface area (Å²) in [5.41, 5.74) is 10.8. The van der Waals surface area contributed by atoms with E-state index in [0.29, 0.717) is 22.2 Å². The summed E-state index contributed by atoms with van der Waals surface area (Å²) >= 11 is 0. The Bertz CT molecular complexity index is 1360. The van der Waals surface area contributed by atoms with Gasteiger partial charge >= 0.3 is 0 Å². The third-order valence-corrected chi connectivity index (χ3v) is 4.73. The molecule has 5 heteroatoms. The van der Waals surface area contributed by atoms with Crippen LogP contribution in [0, 0.1) is 6.92 Å². The Morgan fingerprint density at radius 1 is 0.962 bits per heavy atom. The molecule has 0 saturated carbocycles. The minimum absolute atomic E-state index is 0.104. The molecule has 0 amide bonds. The van der Waals surface area contributed by atoms with Gasteiger partial charge < -0.3 is 5.73 Å². The molecule has 0 atom stereocenters. The Balaban J connectivity index is 2.11. The van der Waals surface area contributed by atoms with Gasteiger partial charge in [-0.15, -0.1) is 0 Å².